The molecule has 0 spiro atoms. The summed E-state index contributed by atoms with van der Waals surface area (Å²) in [4.78, 5) is 47.8. The van der Waals surface area contributed by atoms with E-state index < -0.39 is 23.6 Å². The normalized spacial score (nSPS) is 23.2. The number of rotatable bonds is 5. The number of thioether (sulfide) groups is 1. The summed E-state index contributed by atoms with van der Waals surface area (Å²) < 4.78 is 10.4. The lowest BCUT2D eigenvalue weighted by molar-refractivity contribution is -0.159. The molecule has 2 heterocycles. The predicted octanol–water partition coefficient (Wildman–Crippen LogP) is 0.175. The van der Waals surface area contributed by atoms with Crippen molar-refractivity contribution in [3.8, 4) is 0 Å². The molecule has 1 unspecified atom stereocenters. The van der Waals surface area contributed by atoms with E-state index in [-0.39, 0.29) is 23.6 Å². The predicted molar refractivity (Wildman–Crippen MR) is 85.6 cm³/mol. The van der Waals surface area contributed by atoms with E-state index in [2.05, 4.69) is 5.32 Å². The number of nitrogens with zero attached hydrogens (tertiary/aromatic N) is 1. The Morgan fingerprint density at radius 3 is 2.62 bits per heavy atom. The molecule has 8 nitrogen and oxygen atoms in total. The quantitative estimate of drug-likeness (QED) is 0.426. The lowest BCUT2D eigenvalue weighted by Crippen LogP contribution is -2.69. The Labute approximate surface area is 143 Å². The van der Waals surface area contributed by atoms with Crippen LogP contribution in [0.1, 0.15) is 27.7 Å². The molecule has 2 amide bonds. The average Bonchev–Trinajstić information content (AvgIpc) is 2.47. The van der Waals surface area contributed by atoms with Crippen molar-refractivity contribution in [1.82, 2.24) is 10.2 Å². The highest BCUT2D eigenvalue weighted by Gasteiger charge is 2.54. The van der Waals surface area contributed by atoms with Gasteiger partial charge in [-0.2, -0.15) is 0 Å². The maximum Gasteiger partial charge on any atom is 0.355 e. The summed E-state index contributed by atoms with van der Waals surface area (Å²) in [5, 5.41) is 2.08. The van der Waals surface area contributed by atoms with Crippen molar-refractivity contribution in [3.05, 3.63) is 11.3 Å². The second-order valence-corrected chi connectivity index (χ2v) is 7.51. The second-order valence-electron chi connectivity index (χ2n) is 6.41. The molecule has 0 radical (unpaired) electrons. The smallest absolute Gasteiger partial charge is 0.355 e. The van der Waals surface area contributed by atoms with E-state index in [1.54, 1.807) is 20.8 Å². The van der Waals surface area contributed by atoms with Crippen LogP contribution >= 0.6 is 11.8 Å². The van der Waals surface area contributed by atoms with Gasteiger partial charge in [-0.3, -0.25) is 19.3 Å². The van der Waals surface area contributed by atoms with Gasteiger partial charge in [-0.15, -0.1) is 11.8 Å². The molecule has 1 saturated heterocycles. The van der Waals surface area contributed by atoms with Gasteiger partial charge in [0.05, 0.1) is 0 Å². The van der Waals surface area contributed by atoms with E-state index in [0.717, 1.165) is 0 Å². The molecule has 0 saturated carbocycles. The Morgan fingerprint density at radius 1 is 1.42 bits per heavy atom. The fraction of sp³-hybridized carbons (Fsp3) is 0.600. The van der Waals surface area contributed by atoms with Crippen LogP contribution in [0.25, 0.3) is 0 Å². The minimum atomic E-state index is -0.731. The summed E-state index contributed by atoms with van der Waals surface area (Å²) in [6, 6.07) is -0.666. The second kappa shape index (κ2) is 6.84. The first-order valence-electron chi connectivity index (χ1n) is 7.39. The van der Waals surface area contributed by atoms with Crippen molar-refractivity contribution in [2.45, 2.75) is 44.7 Å². The van der Waals surface area contributed by atoms with Crippen LogP contribution in [0.2, 0.25) is 0 Å². The highest BCUT2D eigenvalue weighted by molar-refractivity contribution is 8.00. The average molecular weight is 356 g/mol. The molecule has 2 rings (SSSR count). The van der Waals surface area contributed by atoms with Gasteiger partial charge in [0, 0.05) is 18.2 Å². The summed E-state index contributed by atoms with van der Waals surface area (Å²) >= 11 is 1.39. The first-order valence-corrected chi connectivity index (χ1v) is 8.43. The van der Waals surface area contributed by atoms with Crippen molar-refractivity contribution < 1.29 is 28.7 Å². The van der Waals surface area contributed by atoms with Crippen molar-refractivity contribution >= 4 is 36.0 Å². The van der Waals surface area contributed by atoms with Gasteiger partial charge in [0.1, 0.15) is 29.3 Å². The van der Waals surface area contributed by atoms with Gasteiger partial charge in [0.25, 0.3) is 5.91 Å². The molecule has 1 fully saturated rings. The van der Waals surface area contributed by atoms with Crippen LogP contribution in [0.4, 0.5) is 0 Å². The van der Waals surface area contributed by atoms with E-state index in [4.69, 9.17) is 9.47 Å². The number of nitrogens with one attached hydrogen (secondary N) is 1. The number of carbonyl (C=O) groups is 4. The molecule has 1 N–H and O–H groups in total. The molecule has 0 aromatic rings. The third-order valence-corrected chi connectivity index (χ3v) is 4.68. The highest BCUT2D eigenvalue weighted by Crippen LogP contribution is 2.40. The van der Waals surface area contributed by atoms with Crippen molar-refractivity contribution in [3.63, 3.8) is 0 Å². The molecule has 2 aliphatic heterocycles. The molecular formula is C15H20N2O6S. The van der Waals surface area contributed by atoms with Crippen LogP contribution < -0.4 is 5.32 Å². The van der Waals surface area contributed by atoms with Crippen LogP contribution in [0.5, 0.6) is 0 Å². The standard InChI is InChI=1S/C15H20N2O6S/c1-8(19)22-5-9-6-24-13-10(16-7-18)12(20)17(13)11(9)14(21)23-15(2,3)4/h7,10,13H,5-6H2,1-4H3,(H,16,18)/t10-,13?/m1/s1. The monoisotopic (exact) mass is 356 g/mol. The van der Waals surface area contributed by atoms with Crippen molar-refractivity contribution in [2.75, 3.05) is 12.4 Å². The topological polar surface area (TPSA) is 102 Å². The van der Waals surface area contributed by atoms with Gasteiger partial charge in [-0.1, -0.05) is 0 Å². The maximum absolute atomic E-state index is 12.6. The number of esters is 2. The van der Waals surface area contributed by atoms with Gasteiger partial charge in [-0.05, 0) is 20.8 Å². The lowest BCUT2D eigenvalue weighted by Gasteiger charge is -2.49. The third-order valence-electron chi connectivity index (χ3n) is 3.34. The SMILES string of the molecule is CC(=O)OCC1=C(C(=O)OC(C)(C)C)N2C(=O)[C@@H](NC=O)C2SC1. The van der Waals surface area contributed by atoms with Crippen LogP contribution in [-0.2, 0) is 28.7 Å². The first-order chi connectivity index (χ1) is 11.2. The van der Waals surface area contributed by atoms with E-state index >= 15 is 0 Å². The van der Waals surface area contributed by atoms with Crippen molar-refractivity contribution in [1.29, 1.82) is 0 Å². The summed E-state index contributed by atoms with van der Waals surface area (Å²) in [6.45, 7) is 6.35. The fourth-order valence-corrected chi connectivity index (χ4v) is 3.73. The Hall–Kier alpha value is -2.03. The fourth-order valence-electron chi connectivity index (χ4n) is 2.39. The number of carbonyl (C=O) groups excluding carboxylic acids is 4. The zero-order chi connectivity index (χ0) is 18.1. The van der Waals surface area contributed by atoms with Gasteiger partial charge < -0.3 is 14.8 Å². The summed E-state index contributed by atoms with van der Waals surface area (Å²) in [6.07, 6.45) is 0.464. The van der Waals surface area contributed by atoms with Crippen molar-refractivity contribution in [2.24, 2.45) is 0 Å². The van der Waals surface area contributed by atoms with Gasteiger partial charge in [0.15, 0.2) is 0 Å². The molecule has 132 valence electrons. The van der Waals surface area contributed by atoms with Crippen LogP contribution in [0.15, 0.2) is 11.3 Å². The molecular weight excluding hydrogens is 336 g/mol. The number of hydrogen-bond donors (Lipinski definition) is 1. The zero-order valence-corrected chi connectivity index (χ0v) is 14.8. The molecule has 24 heavy (non-hydrogen) atoms. The number of β-lactam (4-membered cyclic amide) rings is 1. The minimum Gasteiger partial charge on any atom is -0.461 e. The summed E-state index contributed by atoms with van der Waals surface area (Å²) in [5.74, 6) is -1.12. The zero-order valence-electron chi connectivity index (χ0n) is 14.0. The first kappa shape index (κ1) is 18.3. The highest BCUT2D eigenvalue weighted by atomic mass is 32.2. The van der Waals surface area contributed by atoms with Gasteiger partial charge >= 0.3 is 11.9 Å². The van der Waals surface area contributed by atoms with E-state index in [0.29, 0.717) is 17.7 Å². The molecule has 2 atom stereocenters. The number of ether oxygens (including phenoxy) is 2. The van der Waals surface area contributed by atoms with E-state index in [1.807, 2.05) is 0 Å². The molecule has 2 aliphatic rings. The molecule has 9 heteroatoms. The minimum absolute atomic E-state index is 0.0841. The number of hydrogen-bond acceptors (Lipinski definition) is 7. The van der Waals surface area contributed by atoms with Crippen LogP contribution in [-0.4, -0.2) is 58.5 Å². The molecule has 0 bridgehead atoms. The van der Waals surface area contributed by atoms with E-state index in [1.165, 1.54) is 23.6 Å². The van der Waals surface area contributed by atoms with E-state index in [9.17, 15) is 19.2 Å². The van der Waals surface area contributed by atoms with Crippen LogP contribution in [0.3, 0.4) is 0 Å². The molecule has 0 aromatic heterocycles. The summed E-state index contributed by atoms with van der Waals surface area (Å²) in [5.41, 5.74) is -0.118. The summed E-state index contributed by atoms with van der Waals surface area (Å²) in [7, 11) is 0. The Balaban J connectivity index is 2.30. The maximum atomic E-state index is 12.6. The molecule has 0 aliphatic carbocycles. The van der Waals surface area contributed by atoms with Crippen LogP contribution in [0, 0.1) is 0 Å². The van der Waals surface area contributed by atoms with Gasteiger partial charge in [0.2, 0.25) is 6.41 Å². The lowest BCUT2D eigenvalue weighted by atomic mass is 10.0. The Kier molecular flexibility index (Phi) is 5.22. The third kappa shape index (κ3) is 3.72. The number of fused-ring (bicyclic) bond motifs is 1. The number of amides is 2. The van der Waals surface area contributed by atoms with Gasteiger partial charge in [-0.25, -0.2) is 4.79 Å². The largest absolute Gasteiger partial charge is 0.461 e. The Bertz CT molecular complexity index is 610. The molecule has 0 aromatic carbocycles. The Morgan fingerprint density at radius 2 is 2.08 bits per heavy atom.